The number of pyridine rings is 1. The molecule has 0 aliphatic heterocycles. The minimum atomic E-state index is -0.0244. The largest absolute Gasteiger partial charge is 0.440 e. The van der Waals surface area contributed by atoms with Gasteiger partial charge in [-0.1, -0.05) is 17.8 Å². The quantitative estimate of drug-likeness (QED) is 0.477. The highest BCUT2D eigenvalue weighted by atomic mass is 32.2. The Balaban J connectivity index is 2.12. The lowest BCUT2D eigenvalue weighted by Gasteiger charge is -2.04. The van der Waals surface area contributed by atoms with E-state index in [1.54, 1.807) is 12.4 Å². The maximum Gasteiger partial charge on any atom is 0.255 e. The van der Waals surface area contributed by atoms with Crippen molar-refractivity contribution < 1.29 is 4.42 Å². The lowest BCUT2D eigenvalue weighted by Crippen LogP contribution is -2.15. The number of nitrogens with one attached hydrogen (secondary N) is 1. The number of nitrogens with two attached hydrogens (primary N) is 1. The van der Waals surface area contributed by atoms with Crippen LogP contribution in [0.4, 0.5) is 0 Å². The first-order chi connectivity index (χ1) is 7.77. The Morgan fingerprint density at radius 2 is 2.31 bits per heavy atom. The van der Waals surface area contributed by atoms with Crippen LogP contribution in [0.5, 0.6) is 0 Å². The molecule has 6 heteroatoms. The summed E-state index contributed by atoms with van der Waals surface area (Å²) in [5.74, 6) is 0.604. The second-order valence-corrected chi connectivity index (χ2v) is 3.94. The van der Waals surface area contributed by atoms with Crippen LogP contribution in [0.3, 0.4) is 0 Å². The van der Waals surface area contributed by atoms with Gasteiger partial charge in [0, 0.05) is 11.9 Å². The van der Waals surface area contributed by atoms with E-state index in [0.717, 1.165) is 5.56 Å². The van der Waals surface area contributed by atoms with Gasteiger partial charge in [-0.15, -0.1) is 0 Å². The molecule has 2 rings (SSSR count). The molecule has 0 saturated carbocycles. The van der Waals surface area contributed by atoms with Gasteiger partial charge in [-0.2, -0.15) is 0 Å². The van der Waals surface area contributed by atoms with E-state index in [1.807, 2.05) is 12.1 Å². The highest BCUT2D eigenvalue weighted by Crippen LogP contribution is 2.21. The number of rotatable bonds is 4. The minimum absolute atomic E-state index is 0.0244. The molecule has 2 aromatic heterocycles. The van der Waals surface area contributed by atoms with Crippen molar-refractivity contribution >= 4 is 17.6 Å². The van der Waals surface area contributed by atoms with Crippen molar-refractivity contribution in [2.45, 2.75) is 11.0 Å². The SMILES string of the molecule is N=C(N)c1ncccc1CSc1ncco1. The lowest BCUT2D eigenvalue weighted by molar-refractivity contribution is 0.454. The highest BCUT2D eigenvalue weighted by molar-refractivity contribution is 7.98. The van der Waals surface area contributed by atoms with Crippen molar-refractivity contribution in [3.8, 4) is 0 Å². The van der Waals surface area contributed by atoms with Crippen LogP contribution in [-0.4, -0.2) is 15.8 Å². The molecule has 0 radical (unpaired) electrons. The number of nitrogens with zero attached hydrogens (tertiary/aromatic N) is 2. The first-order valence-corrected chi connectivity index (χ1v) is 5.56. The van der Waals surface area contributed by atoms with Crippen molar-refractivity contribution in [1.82, 2.24) is 9.97 Å². The zero-order valence-electron chi connectivity index (χ0n) is 8.38. The predicted octanol–water partition coefficient (Wildman–Crippen LogP) is 1.65. The smallest absolute Gasteiger partial charge is 0.255 e. The van der Waals surface area contributed by atoms with Gasteiger partial charge in [-0.25, -0.2) is 4.98 Å². The fourth-order valence-corrected chi connectivity index (χ4v) is 1.99. The van der Waals surface area contributed by atoms with Gasteiger partial charge >= 0.3 is 0 Å². The summed E-state index contributed by atoms with van der Waals surface area (Å²) >= 11 is 1.44. The normalized spacial score (nSPS) is 10.2. The average Bonchev–Trinajstić information content (AvgIpc) is 2.79. The first-order valence-electron chi connectivity index (χ1n) is 4.58. The van der Waals surface area contributed by atoms with Crippen molar-refractivity contribution in [1.29, 1.82) is 5.41 Å². The second-order valence-electron chi connectivity index (χ2n) is 3.01. The van der Waals surface area contributed by atoms with E-state index in [2.05, 4.69) is 9.97 Å². The Bertz CT molecular complexity index is 483. The van der Waals surface area contributed by atoms with Gasteiger partial charge in [0.25, 0.3) is 5.22 Å². The summed E-state index contributed by atoms with van der Waals surface area (Å²) in [6, 6.07) is 3.71. The molecule has 82 valence electrons. The molecule has 16 heavy (non-hydrogen) atoms. The number of amidine groups is 1. The third-order valence-electron chi connectivity index (χ3n) is 1.91. The van der Waals surface area contributed by atoms with E-state index in [-0.39, 0.29) is 5.84 Å². The fraction of sp³-hybridized carbons (Fsp3) is 0.100. The molecule has 0 aliphatic rings. The van der Waals surface area contributed by atoms with Crippen LogP contribution in [0.2, 0.25) is 0 Å². The van der Waals surface area contributed by atoms with Gasteiger partial charge in [0.15, 0.2) is 0 Å². The summed E-state index contributed by atoms with van der Waals surface area (Å²) in [5, 5.41) is 7.99. The van der Waals surface area contributed by atoms with E-state index in [0.29, 0.717) is 16.7 Å². The maximum absolute atomic E-state index is 7.40. The molecule has 0 unspecified atom stereocenters. The van der Waals surface area contributed by atoms with Gasteiger partial charge < -0.3 is 10.2 Å². The van der Waals surface area contributed by atoms with Crippen LogP contribution < -0.4 is 5.73 Å². The van der Waals surface area contributed by atoms with E-state index < -0.39 is 0 Å². The van der Waals surface area contributed by atoms with Crippen LogP contribution in [0.1, 0.15) is 11.3 Å². The summed E-state index contributed by atoms with van der Waals surface area (Å²) in [6.45, 7) is 0. The summed E-state index contributed by atoms with van der Waals surface area (Å²) in [6.07, 6.45) is 4.74. The molecule has 0 atom stereocenters. The van der Waals surface area contributed by atoms with Crippen LogP contribution in [0.15, 0.2) is 40.4 Å². The fourth-order valence-electron chi connectivity index (χ4n) is 1.22. The molecule has 2 aromatic rings. The molecule has 2 heterocycles. The van der Waals surface area contributed by atoms with Crippen LogP contribution in [0, 0.1) is 5.41 Å². The summed E-state index contributed by atoms with van der Waals surface area (Å²) in [5.41, 5.74) is 6.85. The first kappa shape index (κ1) is 10.7. The van der Waals surface area contributed by atoms with Gasteiger partial charge in [0.2, 0.25) is 0 Å². The summed E-state index contributed by atoms with van der Waals surface area (Å²) in [4.78, 5) is 8.06. The predicted molar refractivity (Wildman–Crippen MR) is 61.3 cm³/mol. The number of thioether (sulfide) groups is 1. The van der Waals surface area contributed by atoms with Crippen molar-refractivity contribution in [2.24, 2.45) is 5.73 Å². The Kier molecular flexibility index (Phi) is 3.21. The van der Waals surface area contributed by atoms with Crippen molar-refractivity contribution in [3.05, 3.63) is 42.0 Å². The van der Waals surface area contributed by atoms with Crippen LogP contribution in [-0.2, 0) is 5.75 Å². The van der Waals surface area contributed by atoms with E-state index in [4.69, 9.17) is 15.6 Å². The summed E-state index contributed by atoms with van der Waals surface area (Å²) in [7, 11) is 0. The van der Waals surface area contributed by atoms with Crippen LogP contribution >= 0.6 is 11.8 Å². The average molecular weight is 234 g/mol. The molecule has 0 spiro atoms. The Morgan fingerprint density at radius 1 is 1.44 bits per heavy atom. The number of hydrogen-bond donors (Lipinski definition) is 2. The third-order valence-corrected chi connectivity index (χ3v) is 2.81. The molecular weight excluding hydrogens is 224 g/mol. The highest BCUT2D eigenvalue weighted by Gasteiger charge is 2.07. The molecule has 0 amide bonds. The molecule has 0 fully saturated rings. The Labute approximate surface area is 96.6 Å². The number of oxazole rings is 1. The molecule has 3 N–H and O–H groups in total. The topological polar surface area (TPSA) is 88.8 Å². The van der Waals surface area contributed by atoms with E-state index in [1.165, 1.54) is 18.0 Å². The summed E-state index contributed by atoms with van der Waals surface area (Å²) < 4.78 is 5.10. The van der Waals surface area contributed by atoms with Gasteiger partial charge in [0.1, 0.15) is 17.8 Å². The van der Waals surface area contributed by atoms with E-state index >= 15 is 0 Å². The van der Waals surface area contributed by atoms with Crippen LogP contribution in [0.25, 0.3) is 0 Å². The van der Waals surface area contributed by atoms with Crippen molar-refractivity contribution in [3.63, 3.8) is 0 Å². The second kappa shape index (κ2) is 4.80. The molecule has 0 bridgehead atoms. The Morgan fingerprint density at radius 3 is 3.00 bits per heavy atom. The van der Waals surface area contributed by atoms with E-state index in [9.17, 15) is 0 Å². The zero-order chi connectivity index (χ0) is 11.4. The Hall–Kier alpha value is -1.82. The minimum Gasteiger partial charge on any atom is -0.440 e. The van der Waals surface area contributed by atoms with Gasteiger partial charge in [-0.3, -0.25) is 10.4 Å². The number of aromatic nitrogens is 2. The molecule has 0 aliphatic carbocycles. The molecule has 0 saturated heterocycles. The molecule has 5 nitrogen and oxygen atoms in total. The van der Waals surface area contributed by atoms with Gasteiger partial charge in [-0.05, 0) is 11.6 Å². The molecule has 0 aromatic carbocycles. The van der Waals surface area contributed by atoms with Gasteiger partial charge in [0.05, 0.1) is 6.20 Å². The number of hydrogen-bond acceptors (Lipinski definition) is 5. The lowest BCUT2D eigenvalue weighted by atomic mass is 10.2. The zero-order valence-corrected chi connectivity index (χ0v) is 9.20. The monoisotopic (exact) mass is 234 g/mol. The number of nitrogen functional groups attached to an aromatic ring is 1. The molecular formula is C10H10N4OS. The third kappa shape index (κ3) is 2.40. The maximum atomic E-state index is 7.40. The standard InChI is InChI=1S/C10H10N4OS/c11-9(12)8-7(2-1-3-13-8)6-16-10-14-4-5-15-10/h1-5H,6H2,(H3,11,12). The van der Waals surface area contributed by atoms with Crippen molar-refractivity contribution in [2.75, 3.05) is 0 Å².